The molecular weight excluding hydrogens is 286 g/mol. The van der Waals surface area contributed by atoms with Gasteiger partial charge in [0.25, 0.3) is 5.79 Å². The maximum Gasteiger partial charge on any atom is 0.364 e. The predicted octanol–water partition coefficient (Wildman–Crippen LogP) is -2.44. The van der Waals surface area contributed by atoms with Crippen LogP contribution in [0.1, 0.15) is 20.3 Å². The molecule has 1 amide bonds. The van der Waals surface area contributed by atoms with Crippen LogP contribution in [0, 0.1) is 0 Å². The summed E-state index contributed by atoms with van der Waals surface area (Å²) >= 11 is 0. The molecule has 0 spiro atoms. The van der Waals surface area contributed by atoms with Gasteiger partial charge in [-0.3, -0.25) is 4.79 Å². The van der Waals surface area contributed by atoms with Gasteiger partial charge in [0.2, 0.25) is 5.91 Å². The van der Waals surface area contributed by atoms with E-state index < -0.39 is 60.6 Å². The van der Waals surface area contributed by atoms with Crippen molar-refractivity contribution < 1.29 is 39.5 Å². The Labute approximate surface area is 120 Å². The van der Waals surface area contributed by atoms with Gasteiger partial charge in [-0.15, -0.1) is 0 Å². The van der Waals surface area contributed by atoms with Gasteiger partial charge in [0.05, 0.1) is 18.8 Å². The number of carbonyl (C=O) groups is 2. The lowest BCUT2D eigenvalue weighted by Gasteiger charge is -2.57. The third-order valence-electron chi connectivity index (χ3n) is 4.01. The fourth-order valence-electron chi connectivity index (χ4n) is 3.01. The molecule has 2 bridgehead atoms. The van der Waals surface area contributed by atoms with Crippen LogP contribution in [0.2, 0.25) is 0 Å². The number of rotatable bonds is 3. The largest absolute Gasteiger partial charge is 0.477 e. The highest BCUT2D eigenvalue weighted by Crippen LogP contribution is 2.45. The molecule has 9 nitrogen and oxygen atoms in total. The van der Waals surface area contributed by atoms with Gasteiger partial charge in [-0.25, -0.2) is 4.79 Å². The molecule has 21 heavy (non-hydrogen) atoms. The maximum absolute atomic E-state index is 11.5. The number of aliphatic hydroxyl groups excluding tert-OH is 3. The minimum Gasteiger partial charge on any atom is -0.477 e. The van der Waals surface area contributed by atoms with Gasteiger partial charge in [0, 0.05) is 13.3 Å². The van der Waals surface area contributed by atoms with Crippen molar-refractivity contribution >= 4 is 11.9 Å². The Kier molecular flexibility index (Phi) is 3.98. The van der Waals surface area contributed by atoms with Crippen LogP contribution in [-0.2, 0) is 19.1 Å². The SMILES string of the molecule is CC(=O)N[C@@H]1[C@@H](O)C[C@@]2(C(=O)O)O[C@H](CO)[C@@H](O)[C@]1(C)O2. The molecule has 2 aliphatic heterocycles. The Morgan fingerprint density at radius 3 is 2.48 bits per heavy atom. The Hall–Kier alpha value is -1.26. The number of carbonyl (C=O) groups excluding carboxylic acids is 1. The summed E-state index contributed by atoms with van der Waals surface area (Å²) in [4.78, 5) is 22.7. The number of ether oxygens (including phenoxy) is 2. The maximum atomic E-state index is 11.5. The highest BCUT2D eigenvalue weighted by molar-refractivity contribution is 5.77. The van der Waals surface area contributed by atoms with Crippen molar-refractivity contribution in [2.45, 2.75) is 56.0 Å². The topological polar surface area (TPSA) is 146 Å². The second kappa shape index (κ2) is 5.18. The molecule has 2 fully saturated rings. The van der Waals surface area contributed by atoms with Crippen LogP contribution in [-0.4, -0.2) is 74.7 Å². The number of carboxylic acid groups (broad SMARTS) is 1. The smallest absolute Gasteiger partial charge is 0.364 e. The van der Waals surface area contributed by atoms with Crippen molar-refractivity contribution in [3.63, 3.8) is 0 Å². The number of aliphatic hydroxyl groups is 3. The molecule has 9 heteroatoms. The number of aliphatic carboxylic acids is 1. The third kappa shape index (κ3) is 2.40. The average Bonchev–Trinajstić information content (AvgIpc) is 2.38. The van der Waals surface area contributed by atoms with Gasteiger partial charge < -0.3 is 35.2 Å². The molecule has 6 atom stereocenters. The summed E-state index contributed by atoms with van der Waals surface area (Å²) in [7, 11) is 0. The number of hydrogen-bond donors (Lipinski definition) is 5. The Morgan fingerprint density at radius 1 is 1.38 bits per heavy atom. The summed E-state index contributed by atoms with van der Waals surface area (Å²) in [5.74, 6) is -4.11. The zero-order valence-corrected chi connectivity index (χ0v) is 11.6. The Balaban J connectivity index is 2.45. The summed E-state index contributed by atoms with van der Waals surface area (Å²) in [5, 5.41) is 41.5. The number of hydrogen-bond acceptors (Lipinski definition) is 7. The van der Waals surface area contributed by atoms with Crippen LogP contribution in [0.3, 0.4) is 0 Å². The van der Waals surface area contributed by atoms with Crippen molar-refractivity contribution in [2.75, 3.05) is 6.61 Å². The van der Waals surface area contributed by atoms with Gasteiger partial charge in [-0.05, 0) is 6.92 Å². The molecule has 5 N–H and O–H groups in total. The van der Waals surface area contributed by atoms with Gasteiger partial charge in [-0.2, -0.15) is 0 Å². The molecule has 0 saturated carbocycles. The van der Waals surface area contributed by atoms with E-state index in [2.05, 4.69) is 5.32 Å². The van der Waals surface area contributed by atoms with Gasteiger partial charge in [0.15, 0.2) is 0 Å². The first kappa shape index (κ1) is 16.1. The lowest BCUT2D eigenvalue weighted by Crippen LogP contribution is -2.78. The Morgan fingerprint density at radius 2 is 2.00 bits per heavy atom. The van der Waals surface area contributed by atoms with E-state index in [-0.39, 0.29) is 0 Å². The third-order valence-corrected chi connectivity index (χ3v) is 4.01. The number of amides is 1. The minimum atomic E-state index is -2.17. The quantitative estimate of drug-likeness (QED) is 0.387. The molecule has 0 unspecified atom stereocenters. The molecule has 2 aliphatic rings. The first-order valence-electron chi connectivity index (χ1n) is 6.52. The van der Waals surface area contributed by atoms with E-state index in [1.165, 1.54) is 13.8 Å². The van der Waals surface area contributed by atoms with E-state index in [0.29, 0.717) is 0 Å². The van der Waals surface area contributed by atoms with Gasteiger partial charge in [0.1, 0.15) is 17.8 Å². The summed E-state index contributed by atoms with van der Waals surface area (Å²) in [6, 6.07) is -1.03. The fraction of sp³-hybridized carbons (Fsp3) is 0.833. The molecule has 0 aromatic heterocycles. The van der Waals surface area contributed by atoms with Crippen LogP contribution in [0.25, 0.3) is 0 Å². The minimum absolute atomic E-state index is 0.438. The molecule has 2 rings (SSSR count). The first-order valence-corrected chi connectivity index (χ1v) is 6.52. The van der Waals surface area contributed by atoms with Crippen LogP contribution in [0.4, 0.5) is 0 Å². The number of fused-ring (bicyclic) bond motifs is 2. The molecule has 0 radical (unpaired) electrons. The fourth-order valence-corrected chi connectivity index (χ4v) is 3.01. The van der Waals surface area contributed by atoms with Crippen LogP contribution in [0.15, 0.2) is 0 Å². The zero-order valence-electron chi connectivity index (χ0n) is 11.6. The van der Waals surface area contributed by atoms with E-state index in [9.17, 15) is 30.0 Å². The van der Waals surface area contributed by atoms with Crippen LogP contribution < -0.4 is 5.32 Å². The average molecular weight is 305 g/mol. The van der Waals surface area contributed by atoms with Crippen molar-refractivity contribution in [1.82, 2.24) is 5.32 Å². The second-order valence-electron chi connectivity index (χ2n) is 5.58. The molecule has 0 aliphatic carbocycles. The molecule has 2 heterocycles. The van der Waals surface area contributed by atoms with Gasteiger partial charge >= 0.3 is 5.97 Å². The predicted molar refractivity (Wildman–Crippen MR) is 66.1 cm³/mol. The Bertz CT molecular complexity index is 457. The van der Waals surface area contributed by atoms with Crippen molar-refractivity contribution in [3.8, 4) is 0 Å². The van der Waals surface area contributed by atoms with E-state index >= 15 is 0 Å². The van der Waals surface area contributed by atoms with Crippen LogP contribution in [0.5, 0.6) is 0 Å². The number of nitrogens with one attached hydrogen (secondary N) is 1. The van der Waals surface area contributed by atoms with Crippen molar-refractivity contribution in [3.05, 3.63) is 0 Å². The van der Waals surface area contributed by atoms with E-state index in [1.54, 1.807) is 0 Å². The summed E-state index contributed by atoms with van der Waals surface area (Å²) < 4.78 is 10.6. The first-order chi connectivity index (χ1) is 9.66. The second-order valence-corrected chi connectivity index (χ2v) is 5.58. The summed E-state index contributed by atoms with van der Waals surface area (Å²) in [6.45, 7) is 1.96. The summed E-state index contributed by atoms with van der Waals surface area (Å²) in [5.41, 5.74) is -1.62. The monoisotopic (exact) mass is 305 g/mol. The lowest BCUT2D eigenvalue weighted by molar-refractivity contribution is -0.400. The van der Waals surface area contributed by atoms with E-state index in [0.717, 1.165) is 0 Å². The standard InChI is InChI=1S/C12H19NO8/c1-5(15)13-8-6(16)3-12(10(18)19)20-7(4-14)9(17)11(8,2)21-12/h6-9,14,16-17H,3-4H2,1-2H3,(H,13,15)(H,18,19)/t6-,7+,8+,9+,11+,12+/m0/s1. The number of carboxylic acids is 1. The molecule has 0 aromatic rings. The lowest BCUT2D eigenvalue weighted by atomic mass is 9.76. The summed E-state index contributed by atoms with van der Waals surface area (Å²) in [6.07, 6.45) is -4.37. The van der Waals surface area contributed by atoms with Crippen LogP contribution >= 0.6 is 0 Å². The van der Waals surface area contributed by atoms with Crippen molar-refractivity contribution in [1.29, 1.82) is 0 Å². The molecule has 120 valence electrons. The highest BCUT2D eigenvalue weighted by Gasteiger charge is 2.66. The molecule has 2 saturated heterocycles. The van der Waals surface area contributed by atoms with E-state index in [4.69, 9.17) is 9.47 Å². The van der Waals surface area contributed by atoms with E-state index in [1.807, 2.05) is 0 Å². The molecular formula is C12H19NO8. The van der Waals surface area contributed by atoms with Crippen molar-refractivity contribution in [2.24, 2.45) is 0 Å². The zero-order chi connectivity index (χ0) is 16.0. The molecule has 0 aromatic carbocycles. The van der Waals surface area contributed by atoms with Gasteiger partial charge in [-0.1, -0.05) is 0 Å². The normalized spacial score (nSPS) is 46.0. The highest BCUT2D eigenvalue weighted by atomic mass is 16.8.